The van der Waals surface area contributed by atoms with Gasteiger partial charge in [0.05, 0.1) is 5.88 Å². The number of hydrogen-bond acceptors (Lipinski definition) is 2. The van der Waals surface area contributed by atoms with Gasteiger partial charge in [0, 0.05) is 0 Å². The van der Waals surface area contributed by atoms with Gasteiger partial charge in [-0.05, 0) is 0 Å². The smallest absolute Gasteiger partial charge is 0.149 e. The average molecular weight is 109 g/mol. The van der Waals surface area contributed by atoms with Crippen molar-refractivity contribution < 1.29 is 9.90 Å². The zero-order valence-corrected chi connectivity index (χ0v) is 3.85. The van der Waals surface area contributed by atoms with E-state index in [4.69, 9.17) is 16.7 Å². The molecule has 0 bridgehead atoms. The minimum atomic E-state index is -0.980. The number of aliphatic hydroxyl groups excluding tert-OH is 1. The van der Waals surface area contributed by atoms with Gasteiger partial charge in [-0.25, -0.2) is 0 Å². The van der Waals surface area contributed by atoms with Gasteiger partial charge in [0.15, 0.2) is 0 Å². The molecule has 0 aliphatic heterocycles. The van der Waals surface area contributed by atoms with E-state index in [9.17, 15) is 4.79 Å². The highest BCUT2D eigenvalue weighted by atomic mass is 35.5. The molecule has 0 aromatic rings. The molecule has 0 aromatic carbocycles. The van der Waals surface area contributed by atoms with Gasteiger partial charge in [0.2, 0.25) is 0 Å². The van der Waals surface area contributed by atoms with E-state index in [2.05, 4.69) is 0 Å². The summed E-state index contributed by atoms with van der Waals surface area (Å²) >= 11 is 4.97. The van der Waals surface area contributed by atoms with Crippen LogP contribution in [0.15, 0.2) is 0 Å². The van der Waals surface area contributed by atoms with Gasteiger partial charge in [-0.3, -0.25) is 0 Å². The van der Waals surface area contributed by atoms with Crippen LogP contribution in [-0.2, 0) is 4.79 Å². The maximum atomic E-state index is 9.40. The molecular formula is C3H5ClO2. The summed E-state index contributed by atoms with van der Waals surface area (Å²) in [5.74, 6) is -0.0104. The second kappa shape index (κ2) is 3.12. The second-order valence-corrected chi connectivity index (χ2v) is 1.17. The van der Waals surface area contributed by atoms with Crippen LogP contribution in [0.25, 0.3) is 0 Å². The molecule has 0 unspecified atom stereocenters. The normalized spacial score (nSPS) is 13.7. The summed E-state index contributed by atoms with van der Waals surface area (Å²) in [6.45, 7) is 0. The number of halogens is 1. The van der Waals surface area contributed by atoms with Crippen molar-refractivity contribution in [1.29, 1.82) is 0 Å². The Hall–Kier alpha value is -0.0800. The lowest BCUT2D eigenvalue weighted by Crippen LogP contribution is -2.08. The van der Waals surface area contributed by atoms with Crippen molar-refractivity contribution in [2.45, 2.75) is 6.10 Å². The van der Waals surface area contributed by atoms with Crippen LogP contribution in [0.5, 0.6) is 0 Å². The third-order valence-corrected chi connectivity index (χ3v) is 0.631. The monoisotopic (exact) mass is 108 g/mol. The van der Waals surface area contributed by atoms with Crippen LogP contribution in [0.3, 0.4) is 0 Å². The van der Waals surface area contributed by atoms with E-state index in [1.165, 1.54) is 0 Å². The van der Waals surface area contributed by atoms with Crippen molar-refractivity contribution in [3.63, 3.8) is 0 Å². The van der Waals surface area contributed by atoms with E-state index < -0.39 is 6.10 Å². The molecule has 2 nitrogen and oxygen atoms in total. The third-order valence-electron chi connectivity index (χ3n) is 0.315. The van der Waals surface area contributed by atoms with Crippen molar-refractivity contribution in [3.8, 4) is 0 Å². The van der Waals surface area contributed by atoms with Gasteiger partial charge in [0.1, 0.15) is 12.4 Å². The van der Waals surface area contributed by atoms with Crippen molar-refractivity contribution >= 4 is 17.9 Å². The number of hydrogen-bond donors (Lipinski definition) is 1. The first-order valence-electron chi connectivity index (χ1n) is 1.50. The summed E-state index contributed by atoms with van der Waals surface area (Å²) in [4.78, 5) is 9.40. The fourth-order valence-corrected chi connectivity index (χ4v) is 0.109. The number of carbonyl (C=O) groups excluding carboxylic acids is 1. The molecule has 0 fully saturated rings. The van der Waals surface area contributed by atoms with Crippen molar-refractivity contribution in [2.24, 2.45) is 0 Å². The molecule has 0 saturated carbocycles. The molecule has 0 saturated heterocycles. The first-order chi connectivity index (χ1) is 2.81. The maximum absolute atomic E-state index is 9.40. The zero-order valence-electron chi connectivity index (χ0n) is 3.10. The van der Waals surface area contributed by atoms with Crippen LogP contribution in [0.2, 0.25) is 0 Å². The Balaban J connectivity index is 2.96. The highest BCUT2D eigenvalue weighted by Gasteiger charge is 1.93. The highest BCUT2D eigenvalue weighted by molar-refractivity contribution is 6.19. The number of rotatable bonds is 2. The van der Waals surface area contributed by atoms with Crippen LogP contribution < -0.4 is 0 Å². The minimum Gasteiger partial charge on any atom is -0.384 e. The van der Waals surface area contributed by atoms with Gasteiger partial charge in [-0.15, -0.1) is 11.6 Å². The number of aldehydes is 1. The molecule has 1 atom stereocenters. The quantitative estimate of drug-likeness (QED) is 0.393. The number of alkyl halides is 1. The van der Waals surface area contributed by atoms with Gasteiger partial charge >= 0.3 is 0 Å². The fourth-order valence-electron chi connectivity index (χ4n) is 0.0364. The lowest BCUT2D eigenvalue weighted by atomic mass is 10.5. The van der Waals surface area contributed by atoms with E-state index in [1.54, 1.807) is 0 Å². The van der Waals surface area contributed by atoms with E-state index in [0.29, 0.717) is 6.29 Å². The molecule has 0 radical (unpaired) electrons. The molecule has 0 heterocycles. The Morgan fingerprint density at radius 2 is 2.50 bits per heavy atom. The van der Waals surface area contributed by atoms with Gasteiger partial charge in [0.25, 0.3) is 0 Å². The summed E-state index contributed by atoms with van der Waals surface area (Å²) in [6, 6.07) is 0. The standard InChI is InChI=1S/C3H5ClO2/c4-1-3(6)2-5/h2-3,6H,1H2/t3-/m0/s1. The minimum absolute atomic E-state index is 0.0104. The van der Waals surface area contributed by atoms with Gasteiger partial charge in [-0.1, -0.05) is 0 Å². The number of carbonyl (C=O) groups is 1. The molecule has 0 rings (SSSR count). The Morgan fingerprint density at radius 3 is 2.50 bits per heavy atom. The summed E-state index contributed by atoms with van der Waals surface area (Å²) in [7, 11) is 0. The Bertz CT molecular complexity index is 46.1. The molecule has 6 heavy (non-hydrogen) atoms. The molecule has 3 heteroatoms. The van der Waals surface area contributed by atoms with Gasteiger partial charge in [-0.2, -0.15) is 0 Å². The van der Waals surface area contributed by atoms with Crippen LogP contribution in [0, 0.1) is 0 Å². The molecule has 36 valence electrons. The van der Waals surface area contributed by atoms with E-state index >= 15 is 0 Å². The highest BCUT2D eigenvalue weighted by Crippen LogP contribution is 1.78. The van der Waals surface area contributed by atoms with E-state index in [0.717, 1.165) is 0 Å². The van der Waals surface area contributed by atoms with E-state index in [1.807, 2.05) is 0 Å². The summed E-state index contributed by atoms with van der Waals surface area (Å²) in [6.07, 6.45) is -0.584. The summed E-state index contributed by atoms with van der Waals surface area (Å²) in [5.41, 5.74) is 0. The lowest BCUT2D eigenvalue weighted by molar-refractivity contribution is -0.113. The molecule has 0 aromatic heterocycles. The van der Waals surface area contributed by atoms with Crippen molar-refractivity contribution in [2.75, 3.05) is 5.88 Å². The fraction of sp³-hybridized carbons (Fsp3) is 0.667. The molecule has 0 spiro atoms. The third kappa shape index (κ3) is 2.18. The lowest BCUT2D eigenvalue weighted by Gasteiger charge is -1.87. The molecular weight excluding hydrogens is 103 g/mol. The Morgan fingerprint density at radius 1 is 2.00 bits per heavy atom. The van der Waals surface area contributed by atoms with Crippen molar-refractivity contribution in [3.05, 3.63) is 0 Å². The summed E-state index contributed by atoms with van der Waals surface area (Å²) in [5, 5.41) is 8.17. The van der Waals surface area contributed by atoms with E-state index in [-0.39, 0.29) is 5.88 Å². The van der Waals surface area contributed by atoms with Crippen molar-refractivity contribution in [1.82, 2.24) is 0 Å². The van der Waals surface area contributed by atoms with Crippen LogP contribution in [0.1, 0.15) is 0 Å². The maximum Gasteiger partial charge on any atom is 0.149 e. The zero-order chi connectivity index (χ0) is 4.99. The predicted octanol–water partition coefficient (Wildman–Crippen LogP) is -0.215. The topological polar surface area (TPSA) is 37.3 Å². The molecule has 0 amide bonds. The predicted molar refractivity (Wildman–Crippen MR) is 22.8 cm³/mol. The van der Waals surface area contributed by atoms with Gasteiger partial charge < -0.3 is 9.90 Å². The van der Waals surface area contributed by atoms with Crippen LogP contribution in [-0.4, -0.2) is 23.4 Å². The first kappa shape index (κ1) is 5.92. The summed E-state index contributed by atoms with van der Waals surface area (Å²) < 4.78 is 0. The SMILES string of the molecule is O=C[C@@H](O)CCl. The first-order valence-corrected chi connectivity index (χ1v) is 2.04. The molecule has 1 N–H and O–H groups in total. The molecule has 0 aliphatic carbocycles. The second-order valence-electron chi connectivity index (χ2n) is 0.858. The molecule has 0 aliphatic rings. The Kier molecular flexibility index (Phi) is 3.08. The largest absolute Gasteiger partial charge is 0.384 e. The number of aliphatic hydroxyl groups is 1. The Labute approximate surface area is 40.7 Å². The van der Waals surface area contributed by atoms with Crippen LogP contribution >= 0.6 is 11.6 Å². The van der Waals surface area contributed by atoms with Crippen LogP contribution in [0.4, 0.5) is 0 Å². The average Bonchev–Trinajstić information content (AvgIpc) is 1.65.